The van der Waals surface area contributed by atoms with Gasteiger partial charge in [0.1, 0.15) is 0 Å². The van der Waals surface area contributed by atoms with Gasteiger partial charge in [-0.3, -0.25) is 0 Å². The minimum atomic E-state index is 0.649. The molecular weight excluding hydrogens is 187 g/mol. The van der Waals surface area contributed by atoms with Crippen molar-refractivity contribution in [3.05, 3.63) is 54.0 Å². The summed E-state index contributed by atoms with van der Waals surface area (Å²) in [5.74, 6) is 2.64. The van der Waals surface area contributed by atoms with Crippen molar-refractivity contribution in [1.82, 2.24) is 0 Å². The molecule has 72 valence electrons. The summed E-state index contributed by atoms with van der Waals surface area (Å²) in [5, 5.41) is 0. The first-order valence-electron chi connectivity index (χ1n) is 4.66. The molecule has 1 aromatic heterocycles. The second-order valence-electron chi connectivity index (χ2n) is 3.10. The summed E-state index contributed by atoms with van der Waals surface area (Å²) in [6.45, 7) is 1.88. The van der Waals surface area contributed by atoms with Gasteiger partial charge in [0.2, 0.25) is 0 Å². The summed E-state index contributed by atoms with van der Waals surface area (Å²) >= 11 is 0. The average Bonchev–Trinajstić information content (AvgIpc) is 2.31. The summed E-state index contributed by atoms with van der Waals surface area (Å²) < 4.78 is 5.56. The van der Waals surface area contributed by atoms with Crippen LogP contribution in [0.4, 0.5) is 0 Å². The molecule has 0 spiro atoms. The number of rotatable bonds is 3. The average molecular weight is 196 g/mol. The summed E-state index contributed by atoms with van der Waals surface area (Å²) in [5.41, 5.74) is 1.44. The van der Waals surface area contributed by atoms with Crippen LogP contribution in [-0.2, 0) is 0 Å². The second-order valence-corrected chi connectivity index (χ2v) is 3.10. The van der Waals surface area contributed by atoms with Crippen LogP contribution in [0, 0.1) is 0 Å². The molecule has 0 radical (unpaired) electrons. The third-order valence-electron chi connectivity index (χ3n) is 2.00. The van der Waals surface area contributed by atoms with Crippen LogP contribution >= 0.6 is 0 Å². The third kappa shape index (κ3) is 2.53. The Morgan fingerprint density at radius 1 is 1.07 bits per heavy atom. The van der Waals surface area contributed by atoms with Crippen LogP contribution in [0.1, 0.15) is 10.4 Å². The molecule has 0 saturated carbocycles. The molecule has 3 heteroatoms. The van der Waals surface area contributed by atoms with E-state index in [1.807, 2.05) is 31.1 Å². The minimum absolute atomic E-state index is 0.649. The van der Waals surface area contributed by atoms with Gasteiger partial charge in [-0.15, -0.1) is 0 Å². The Hall–Kier alpha value is -1.90. The molecule has 1 heterocycles. The number of aldehydes is 1. The topological polar surface area (TPSA) is 26.3 Å². The summed E-state index contributed by atoms with van der Waals surface area (Å²) in [7, 11) is 0. The van der Waals surface area contributed by atoms with Gasteiger partial charge >= 0.3 is 88.1 Å². The van der Waals surface area contributed by atoms with E-state index in [1.54, 1.807) is 24.3 Å². The van der Waals surface area contributed by atoms with E-state index in [4.69, 9.17) is 4.74 Å². The Bertz CT molecular complexity index is 437. The maximum atomic E-state index is 10.4. The molecule has 0 aliphatic rings. The molecule has 2 rings (SSSR count). The fourth-order valence-electron chi connectivity index (χ4n) is 1.24. The van der Waals surface area contributed by atoms with Gasteiger partial charge in [-0.25, -0.2) is 0 Å². The van der Waals surface area contributed by atoms with Gasteiger partial charge in [-0.1, -0.05) is 0 Å². The first-order valence-corrected chi connectivity index (χ1v) is 4.66. The van der Waals surface area contributed by atoms with Crippen molar-refractivity contribution in [3.8, 4) is 11.4 Å². The normalized spacial score (nSPS) is 9.33. The van der Waals surface area contributed by atoms with Crippen LogP contribution in [-0.4, -0.2) is 13.2 Å². The Kier molecular flexibility index (Phi) is 2.93. The van der Waals surface area contributed by atoms with Crippen LogP contribution in [0.15, 0.2) is 48.4 Å². The molecule has 0 saturated heterocycles. The van der Waals surface area contributed by atoms with Gasteiger partial charge < -0.3 is 0 Å². The first-order chi connectivity index (χ1) is 7.38. The predicted molar refractivity (Wildman–Crippen MR) is 59.7 cm³/mol. The zero-order valence-corrected chi connectivity index (χ0v) is 8.09. The van der Waals surface area contributed by atoms with Crippen LogP contribution in [0.5, 0.6) is 11.4 Å². The van der Waals surface area contributed by atoms with Crippen molar-refractivity contribution < 1.29 is 9.53 Å². The second kappa shape index (κ2) is 4.55. The predicted octanol–water partition coefficient (Wildman–Crippen LogP) is 2.63. The third-order valence-corrected chi connectivity index (χ3v) is 2.00. The van der Waals surface area contributed by atoms with Crippen LogP contribution < -0.4 is 4.74 Å². The van der Waals surface area contributed by atoms with E-state index < -0.39 is 0 Å². The van der Waals surface area contributed by atoms with E-state index in [9.17, 15) is 4.79 Å². The van der Waals surface area contributed by atoms with Gasteiger partial charge in [-0.05, 0) is 0 Å². The van der Waals surface area contributed by atoms with Gasteiger partial charge in [0.05, 0.1) is 0 Å². The molecule has 0 N–H and O–H groups in total. The van der Waals surface area contributed by atoms with Crippen LogP contribution in [0.2, 0.25) is 0 Å². The molecule has 1 aromatic carbocycles. The zero-order valence-electron chi connectivity index (χ0n) is 8.09. The zero-order chi connectivity index (χ0) is 10.5. The summed E-state index contributed by atoms with van der Waals surface area (Å²) in [6, 6.07) is 12.7. The number of hydrogen-bond acceptors (Lipinski definition) is 2. The van der Waals surface area contributed by atoms with Crippen LogP contribution in [0.25, 0.3) is 0 Å². The molecule has 0 atom stereocenters. The quantitative estimate of drug-likeness (QED) is 0.705. The Balaban J connectivity index is 2.15. The van der Waals surface area contributed by atoms with E-state index >= 15 is 0 Å². The molecule has 0 aliphatic carbocycles. The molecule has 2 nitrogen and oxygen atoms in total. The SMILES string of the molecule is O=Cc1ccc(Oc2bcccc2)cc1. The van der Waals surface area contributed by atoms with Crippen LogP contribution in [0.3, 0.4) is 0 Å². The van der Waals surface area contributed by atoms with E-state index in [0.29, 0.717) is 5.56 Å². The van der Waals surface area contributed by atoms with Crippen molar-refractivity contribution in [2.75, 3.05) is 0 Å². The number of carbonyl (C=O) groups excluding carboxylic acids is 1. The standard InChI is InChI=1S/C12H9BO2/c14-9-10-4-6-11(7-5-10)15-12-3-1-2-8-13-12/h1-9H. The molecule has 0 fully saturated rings. The Morgan fingerprint density at radius 2 is 1.87 bits per heavy atom. The van der Waals surface area contributed by atoms with E-state index in [2.05, 4.69) is 0 Å². The van der Waals surface area contributed by atoms with E-state index in [1.165, 1.54) is 0 Å². The van der Waals surface area contributed by atoms with Crippen molar-refractivity contribution in [3.63, 3.8) is 0 Å². The summed E-state index contributed by atoms with van der Waals surface area (Å²) in [6.07, 6.45) is 0.812. The number of ether oxygens (including phenoxy) is 1. The van der Waals surface area contributed by atoms with Gasteiger partial charge in [0.25, 0.3) is 0 Å². The van der Waals surface area contributed by atoms with Gasteiger partial charge in [-0.2, -0.15) is 0 Å². The van der Waals surface area contributed by atoms with E-state index in [-0.39, 0.29) is 0 Å². The molecule has 15 heavy (non-hydrogen) atoms. The van der Waals surface area contributed by atoms with E-state index in [0.717, 1.165) is 17.7 Å². The number of benzene rings is 1. The fraction of sp³-hybridized carbons (Fsp3) is 0. The number of hydrogen-bond donors (Lipinski definition) is 0. The molecule has 0 unspecified atom stereocenters. The van der Waals surface area contributed by atoms with Crippen molar-refractivity contribution in [2.24, 2.45) is 0 Å². The van der Waals surface area contributed by atoms with Crippen molar-refractivity contribution >= 4 is 13.2 Å². The maximum absolute atomic E-state index is 10.4. The Labute approximate surface area is 88.7 Å². The van der Waals surface area contributed by atoms with Gasteiger partial charge in [0, 0.05) is 0 Å². The van der Waals surface area contributed by atoms with Gasteiger partial charge in [0.15, 0.2) is 0 Å². The van der Waals surface area contributed by atoms with Crippen molar-refractivity contribution in [2.45, 2.75) is 0 Å². The Morgan fingerprint density at radius 3 is 2.47 bits per heavy atom. The molecule has 0 amide bonds. The fourth-order valence-corrected chi connectivity index (χ4v) is 1.24. The monoisotopic (exact) mass is 196 g/mol. The molecule has 0 aliphatic heterocycles. The summed E-state index contributed by atoms with van der Waals surface area (Å²) in [4.78, 5) is 10.4. The molecule has 0 bridgehead atoms. The molecular formula is C12H9BO2. The van der Waals surface area contributed by atoms with Crippen molar-refractivity contribution in [1.29, 1.82) is 0 Å². The first kappa shape index (κ1) is 9.65. The number of carbonyl (C=O) groups is 1. The molecule has 2 aromatic rings.